The molecule has 0 bridgehead atoms. The van der Waals surface area contributed by atoms with Crippen LogP contribution in [0.1, 0.15) is 44.2 Å². The number of nitrogens with zero attached hydrogens (tertiary/aromatic N) is 4. The predicted molar refractivity (Wildman–Crippen MR) is 130 cm³/mol. The van der Waals surface area contributed by atoms with Gasteiger partial charge in [-0.15, -0.1) is 0 Å². The highest BCUT2D eigenvalue weighted by atomic mass is 16.5. The lowest BCUT2D eigenvalue weighted by molar-refractivity contribution is -0.122. The first-order chi connectivity index (χ1) is 16.4. The highest BCUT2D eigenvalue weighted by molar-refractivity contribution is 6.15. The van der Waals surface area contributed by atoms with Crippen molar-refractivity contribution in [3.8, 4) is 11.5 Å². The summed E-state index contributed by atoms with van der Waals surface area (Å²) in [6, 6.07) is 6.83. The summed E-state index contributed by atoms with van der Waals surface area (Å²) in [4.78, 5) is 21.5. The van der Waals surface area contributed by atoms with E-state index in [1.165, 1.54) is 6.07 Å². The molecule has 1 atom stereocenters. The van der Waals surface area contributed by atoms with Crippen molar-refractivity contribution in [2.75, 3.05) is 42.6 Å². The van der Waals surface area contributed by atoms with Gasteiger partial charge < -0.3 is 25.2 Å². The van der Waals surface area contributed by atoms with E-state index in [-0.39, 0.29) is 23.3 Å². The molecule has 0 saturated carbocycles. The number of hydrogen-bond donors (Lipinski definition) is 4. The van der Waals surface area contributed by atoms with Crippen LogP contribution in [0, 0.1) is 0 Å². The smallest absolute Gasteiger partial charge is 0.265 e. The van der Waals surface area contributed by atoms with Gasteiger partial charge in [0.05, 0.1) is 30.7 Å². The lowest BCUT2D eigenvalue weighted by Crippen LogP contribution is -2.51. The van der Waals surface area contributed by atoms with Gasteiger partial charge in [-0.2, -0.15) is 5.10 Å². The van der Waals surface area contributed by atoms with Gasteiger partial charge in [0.25, 0.3) is 5.91 Å². The number of ether oxygens (including phenoxy) is 1. The van der Waals surface area contributed by atoms with Gasteiger partial charge in [-0.05, 0) is 36.1 Å². The quantitative estimate of drug-likeness (QED) is 0.487. The van der Waals surface area contributed by atoms with Crippen LogP contribution in [-0.4, -0.2) is 66.0 Å². The molecule has 4 N–H and O–H groups in total. The maximum absolute atomic E-state index is 13.0. The Kier molecular flexibility index (Phi) is 7.06. The second kappa shape index (κ2) is 10.2. The van der Waals surface area contributed by atoms with Crippen LogP contribution in [0.3, 0.4) is 0 Å². The normalized spacial score (nSPS) is 18.1. The third-order valence-electron chi connectivity index (χ3n) is 5.93. The van der Waals surface area contributed by atoms with Gasteiger partial charge >= 0.3 is 0 Å². The second-order valence-electron chi connectivity index (χ2n) is 8.68. The Labute approximate surface area is 199 Å². The molecule has 3 heterocycles. The molecule has 1 aromatic heterocycles. The molecule has 0 radical (unpaired) electrons. The van der Waals surface area contributed by atoms with Crippen molar-refractivity contribution in [3.63, 3.8) is 0 Å². The van der Waals surface area contributed by atoms with E-state index in [1.54, 1.807) is 17.2 Å². The first-order valence-corrected chi connectivity index (χ1v) is 11.7. The van der Waals surface area contributed by atoms with Crippen molar-refractivity contribution in [1.29, 1.82) is 0 Å². The average molecular weight is 469 g/mol. The number of pyridine rings is 1. The molecule has 4 rings (SSSR count). The minimum atomic E-state index is -0.812. The van der Waals surface area contributed by atoms with E-state index in [0.717, 1.165) is 25.3 Å². The number of benzene rings is 1. The van der Waals surface area contributed by atoms with Crippen molar-refractivity contribution >= 4 is 23.2 Å². The maximum Gasteiger partial charge on any atom is 0.265 e. The fourth-order valence-corrected chi connectivity index (χ4v) is 4.07. The number of carbonyl (C=O) groups excluding carboxylic acids is 1. The number of amides is 1. The monoisotopic (exact) mass is 468 g/mol. The summed E-state index contributed by atoms with van der Waals surface area (Å²) >= 11 is 0. The number of anilines is 2. The van der Waals surface area contributed by atoms with Gasteiger partial charge in [-0.3, -0.25) is 15.1 Å². The first-order valence-electron chi connectivity index (χ1n) is 11.7. The zero-order valence-electron chi connectivity index (χ0n) is 19.8. The van der Waals surface area contributed by atoms with E-state index < -0.39 is 6.17 Å². The van der Waals surface area contributed by atoms with Crippen LogP contribution in [0.2, 0.25) is 0 Å². The summed E-state index contributed by atoms with van der Waals surface area (Å²) in [6.07, 6.45) is 1.69. The standard InChI is InChI=1S/C24H32N6O4/c1-4-7-25-24(33)23-28-27-22(18-12-17(15(2)3)19(31)13-20(18)32)30(23)16-5-6-21(26-14-16)29-8-10-34-11-9-29/h5-6,12-15,23,28,31-32H,4,7-11H2,1-3H3,(H,25,33). The predicted octanol–water partition coefficient (Wildman–Crippen LogP) is 2.08. The first kappa shape index (κ1) is 23.6. The van der Waals surface area contributed by atoms with Crippen LogP contribution in [-0.2, 0) is 9.53 Å². The van der Waals surface area contributed by atoms with Crippen LogP contribution in [0.25, 0.3) is 0 Å². The van der Waals surface area contributed by atoms with Gasteiger partial charge in [0, 0.05) is 25.7 Å². The molecular formula is C24H32N6O4. The summed E-state index contributed by atoms with van der Waals surface area (Å²) in [5, 5.41) is 28.3. The van der Waals surface area contributed by atoms with Gasteiger partial charge in [-0.1, -0.05) is 20.8 Å². The number of aromatic hydroxyl groups is 2. The summed E-state index contributed by atoms with van der Waals surface area (Å²) in [6.45, 7) is 9.30. The summed E-state index contributed by atoms with van der Waals surface area (Å²) in [5.41, 5.74) is 4.64. The van der Waals surface area contributed by atoms with Gasteiger partial charge in [0.1, 0.15) is 17.3 Å². The Morgan fingerprint density at radius 3 is 2.65 bits per heavy atom. The van der Waals surface area contributed by atoms with Crippen LogP contribution in [0.5, 0.6) is 11.5 Å². The number of phenolic OH excluding ortho intramolecular Hbond substituents is 2. The number of amidine groups is 1. The Balaban J connectivity index is 1.70. The number of rotatable bonds is 7. The number of hydrazone groups is 1. The molecule has 10 nitrogen and oxygen atoms in total. The van der Waals surface area contributed by atoms with Crippen molar-refractivity contribution in [3.05, 3.63) is 41.6 Å². The third kappa shape index (κ3) is 4.72. The molecule has 0 spiro atoms. The molecule has 1 fully saturated rings. The van der Waals surface area contributed by atoms with Crippen LogP contribution < -0.4 is 20.5 Å². The van der Waals surface area contributed by atoms with E-state index in [2.05, 4.69) is 25.7 Å². The van der Waals surface area contributed by atoms with Crippen LogP contribution >= 0.6 is 0 Å². The zero-order chi connectivity index (χ0) is 24.2. The molecule has 0 aliphatic carbocycles. The van der Waals surface area contributed by atoms with Crippen molar-refractivity contribution in [2.45, 2.75) is 39.3 Å². The van der Waals surface area contributed by atoms with Crippen molar-refractivity contribution in [2.24, 2.45) is 5.10 Å². The molecule has 2 aliphatic heterocycles. The molecule has 2 aromatic rings. The number of carbonyl (C=O) groups is 1. The number of hydrogen-bond acceptors (Lipinski definition) is 9. The van der Waals surface area contributed by atoms with E-state index >= 15 is 0 Å². The maximum atomic E-state index is 13.0. The molecule has 34 heavy (non-hydrogen) atoms. The fourth-order valence-electron chi connectivity index (χ4n) is 4.07. The summed E-state index contributed by atoms with van der Waals surface area (Å²) < 4.78 is 5.42. The molecule has 1 unspecified atom stereocenters. The molecule has 182 valence electrons. The molecular weight excluding hydrogens is 436 g/mol. The second-order valence-corrected chi connectivity index (χ2v) is 8.68. The molecule has 2 aliphatic rings. The summed E-state index contributed by atoms with van der Waals surface area (Å²) in [7, 11) is 0. The Morgan fingerprint density at radius 2 is 2.00 bits per heavy atom. The minimum absolute atomic E-state index is 0.0168. The average Bonchev–Trinajstić information content (AvgIpc) is 3.28. The van der Waals surface area contributed by atoms with E-state index in [9.17, 15) is 15.0 Å². The van der Waals surface area contributed by atoms with Gasteiger partial charge in [0.15, 0.2) is 5.84 Å². The lowest BCUT2D eigenvalue weighted by atomic mass is 9.98. The summed E-state index contributed by atoms with van der Waals surface area (Å²) in [5.74, 6) is 0.889. The van der Waals surface area contributed by atoms with E-state index in [0.29, 0.717) is 42.4 Å². The highest BCUT2D eigenvalue weighted by Crippen LogP contribution is 2.35. The van der Waals surface area contributed by atoms with Gasteiger partial charge in [0.2, 0.25) is 6.17 Å². The minimum Gasteiger partial charge on any atom is -0.508 e. The molecule has 1 aromatic carbocycles. The number of aromatic nitrogens is 1. The van der Waals surface area contributed by atoms with Crippen molar-refractivity contribution < 1.29 is 19.7 Å². The van der Waals surface area contributed by atoms with Crippen molar-refractivity contribution in [1.82, 2.24) is 15.7 Å². The number of nitrogens with one attached hydrogen (secondary N) is 2. The fraction of sp³-hybridized carbons (Fsp3) is 0.458. The Bertz CT molecular complexity index is 1050. The van der Waals surface area contributed by atoms with Crippen LogP contribution in [0.4, 0.5) is 11.5 Å². The lowest BCUT2D eigenvalue weighted by Gasteiger charge is -2.29. The molecule has 1 amide bonds. The third-order valence-corrected chi connectivity index (χ3v) is 5.93. The number of morpholine rings is 1. The highest BCUT2D eigenvalue weighted by Gasteiger charge is 2.37. The topological polar surface area (TPSA) is 123 Å². The Morgan fingerprint density at radius 1 is 1.24 bits per heavy atom. The van der Waals surface area contributed by atoms with E-state index in [4.69, 9.17) is 4.74 Å². The zero-order valence-corrected chi connectivity index (χ0v) is 19.8. The SMILES string of the molecule is CCCNC(=O)C1NN=C(c2cc(C(C)C)c(O)cc2O)N1c1ccc(N2CCOCC2)nc1. The number of phenols is 2. The van der Waals surface area contributed by atoms with Crippen LogP contribution in [0.15, 0.2) is 35.6 Å². The van der Waals surface area contributed by atoms with E-state index in [1.807, 2.05) is 32.9 Å². The molecule has 1 saturated heterocycles. The molecule has 10 heteroatoms. The van der Waals surface area contributed by atoms with Gasteiger partial charge in [-0.25, -0.2) is 4.98 Å². The Hall–Kier alpha value is -3.53. The largest absolute Gasteiger partial charge is 0.508 e.